The van der Waals surface area contributed by atoms with Crippen molar-refractivity contribution in [3.05, 3.63) is 117 Å². The summed E-state index contributed by atoms with van der Waals surface area (Å²) < 4.78 is 12.2. The maximum Gasteiger partial charge on any atom is 0.250 e. The number of rotatable bonds is 9. The number of nitrogens with zero attached hydrogens (tertiary/aromatic N) is 1. The minimum absolute atomic E-state index is 0.121. The fourth-order valence-electron chi connectivity index (χ4n) is 4.38. The van der Waals surface area contributed by atoms with E-state index in [0.717, 1.165) is 11.1 Å². The SMILES string of the molecule is COc1cc(/C=N\NC(=O)CSC2c3ccccc3-c3ccccc32)cc(Br)c1OCc1ccccc1Cl. The Morgan fingerprint density at radius 2 is 1.68 bits per heavy atom. The molecule has 0 bridgehead atoms. The van der Waals surface area contributed by atoms with Crippen LogP contribution in [-0.4, -0.2) is 25.0 Å². The van der Waals surface area contributed by atoms with Crippen LogP contribution in [-0.2, 0) is 11.4 Å². The van der Waals surface area contributed by atoms with Gasteiger partial charge in [-0.1, -0.05) is 78.3 Å². The van der Waals surface area contributed by atoms with Crippen LogP contribution in [0.3, 0.4) is 0 Å². The molecule has 1 aliphatic carbocycles. The summed E-state index contributed by atoms with van der Waals surface area (Å²) in [5, 5.41) is 4.92. The number of hydrazone groups is 1. The number of carbonyl (C=O) groups excluding carboxylic acids is 1. The van der Waals surface area contributed by atoms with E-state index in [4.69, 9.17) is 21.1 Å². The molecule has 8 heteroatoms. The molecule has 192 valence electrons. The smallest absolute Gasteiger partial charge is 0.250 e. The van der Waals surface area contributed by atoms with E-state index in [2.05, 4.69) is 62.9 Å². The minimum atomic E-state index is -0.168. The molecule has 5 rings (SSSR count). The molecule has 0 heterocycles. The summed E-state index contributed by atoms with van der Waals surface area (Å²) in [7, 11) is 1.57. The van der Waals surface area contributed by atoms with Crippen LogP contribution in [0.15, 0.2) is 94.5 Å². The van der Waals surface area contributed by atoms with E-state index in [1.165, 1.54) is 22.3 Å². The van der Waals surface area contributed by atoms with Gasteiger partial charge in [-0.2, -0.15) is 5.10 Å². The highest BCUT2D eigenvalue weighted by molar-refractivity contribution is 9.10. The fourth-order valence-corrected chi connectivity index (χ4v) is 6.30. The lowest BCUT2D eigenvalue weighted by atomic mass is 10.1. The zero-order valence-corrected chi connectivity index (χ0v) is 23.6. The number of amides is 1. The van der Waals surface area contributed by atoms with Crippen molar-refractivity contribution in [3.8, 4) is 22.6 Å². The van der Waals surface area contributed by atoms with E-state index >= 15 is 0 Å². The summed E-state index contributed by atoms with van der Waals surface area (Å²) in [6.07, 6.45) is 1.58. The molecule has 4 aromatic carbocycles. The van der Waals surface area contributed by atoms with Gasteiger partial charge in [-0.15, -0.1) is 11.8 Å². The van der Waals surface area contributed by atoms with Crippen LogP contribution in [0.4, 0.5) is 0 Å². The second kappa shape index (κ2) is 12.1. The Morgan fingerprint density at radius 1 is 1.03 bits per heavy atom. The molecule has 4 aromatic rings. The van der Waals surface area contributed by atoms with Gasteiger partial charge in [0.1, 0.15) is 6.61 Å². The number of hydrogen-bond acceptors (Lipinski definition) is 5. The fraction of sp³-hybridized carbons (Fsp3) is 0.133. The van der Waals surface area contributed by atoms with Gasteiger partial charge in [0.25, 0.3) is 0 Å². The van der Waals surface area contributed by atoms with Crippen molar-refractivity contribution >= 4 is 51.4 Å². The van der Waals surface area contributed by atoms with Crippen molar-refractivity contribution < 1.29 is 14.3 Å². The normalized spacial score (nSPS) is 12.3. The lowest BCUT2D eigenvalue weighted by Crippen LogP contribution is -2.20. The van der Waals surface area contributed by atoms with Gasteiger partial charge in [0.05, 0.1) is 28.8 Å². The molecule has 5 nitrogen and oxygen atoms in total. The van der Waals surface area contributed by atoms with Crippen molar-refractivity contribution in [2.24, 2.45) is 5.10 Å². The molecule has 1 amide bonds. The molecule has 0 aromatic heterocycles. The Hall–Kier alpha value is -3.26. The Morgan fingerprint density at radius 3 is 2.37 bits per heavy atom. The zero-order valence-electron chi connectivity index (χ0n) is 20.5. The average Bonchev–Trinajstić information content (AvgIpc) is 3.25. The Bertz CT molecular complexity index is 1470. The highest BCUT2D eigenvalue weighted by Gasteiger charge is 2.28. The van der Waals surface area contributed by atoms with Crippen molar-refractivity contribution in [1.29, 1.82) is 0 Å². The van der Waals surface area contributed by atoms with E-state index < -0.39 is 0 Å². The molecule has 0 saturated carbocycles. The lowest BCUT2D eigenvalue weighted by Gasteiger charge is -2.14. The number of methoxy groups -OCH3 is 1. The second-order valence-corrected chi connectivity index (χ2v) is 10.9. The van der Waals surface area contributed by atoms with E-state index in [1.807, 2.05) is 42.5 Å². The number of hydrogen-bond donors (Lipinski definition) is 1. The molecule has 0 unspecified atom stereocenters. The Balaban J connectivity index is 1.20. The molecule has 1 N–H and O–H groups in total. The number of halogens is 2. The summed E-state index contributed by atoms with van der Waals surface area (Å²) in [4.78, 5) is 12.6. The summed E-state index contributed by atoms with van der Waals surface area (Å²) >= 11 is 11.4. The zero-order chi connectivity index (χ0) is 26.5. The first kappa shape index (κ1) is 26.4. The molecule has 0 radical (unpaired) electrons. The van der Waals surface area contributed by atoms with Crippen molar-refractivity contribution in [3.63, 3.8) is 0 Å². The first-order valence-electron chi connectivity index (χ1n) is 11.9. The third-order valence-electron chi connectivity index (χ3n) is 6.14. The van der Waals surface area contributed by atoms with Crippen LogP contribution >= 0.6 is 39.3 Å². The standard InChI is InChI=1S/C30H24BrClN2O3S/c1-36-27-15-19(14-25(31)29(27)37-17-20-8-2-7-13-26(20)32)16-33-34-28(35)18-38-30-23-11-5-3-9-21(23)22-10-4-6-12-24(22)30/h2-16,30H,17-18H2,1H3,(H,34,35)/b33-16-. The van der Waals surface area contributed by atoms with Gasteiger partial charge in [-0.3, -0.25) is 4.79 Å². The maximum atomic E-state index is 12.6. The molecule has 38 heavy (non-hydrogen) atoms. The molecule has 0 aliphatic heterocycles. The monoisotopic (exact) mass is 606 g/mol. The van der Waals surface area contributed by atoms with Gasteiger partial charge in [0.15, 0.2) is 11.5 Å². The third kappa shape index (κ3) is 5.75. The molecular weight excluding hydrogens is 584 g/mol. The summed E-state index contributed by atoms with van der Waals surface area (Å²) in [5.41, 5.74) is 9.20. The Labute approximate surface area is 239 Å². The topological polar surface area (TPSA) is 59.9 Å². The number of benzene rings is 4. The van der Waals surface area contributed by atoms with Crippen LogP contribution < -0.4 is 14.9 Å². The predicted octanol–water partition coefficient (Wildman–Crippen LogP) is 7.64. The first-order valence-corrected chi connectivity index (χ1v) is 14.1. The highest BCUT2D eigenvalue weighted by Crippen LogP contribution is 2.49. The van der Waals surface area contributed by atoms with Crippen LogP contribution in [0.25, 0.3) is 11.1 Å². The number of carbonyl (C=O) groups is 1. The van der Waals surface area contributed by atoms with Gasteiger partial charge < -0.3 is 9.47 Å². The first-order chi connectivity index (χ1) is 18.5. The molecule has 0 fully saturated rings. The van der Waals surface area contributed by atoms with Crippen LogP contribution in [0.5, 0.6) is 11.5 Å². The Kier molecular flexibility index (Phi) is 8.37. The van der Waals surface area contributed by atoms with Gasteiger partial charge in [0.2, 0.25) is 5.91 Å². The van der Waals surface area contributed by atoms with Gasteiger partial charge >= 0.3 is 0 Å². The molecular formula is C30H24BrClN2O3S. The minimum Gasteiger partial charge on any atom is -0.493 e. The van der Waals surface area contributed by atoms with Crippen molar-refractivity contribution in [2.75, 3.05) is 12.9 Å². The summed E-state index contributed by atoms with van der Waals surface area (Å²) in [6, 6.07) is 27.9. The average molecular weight is 608 g/mol. The van der Waals surface area contributed by atoms with E-state index in [9.17, 15) is 4.79 Å². The van der Waals surface area contributed by atoms with Crippen LogP contribution in [0.1, 0.15) is 27.5 Å². The summed E-state index contributed by atoms with van der Waals surface area (Å²) in [6.45, 7) is 0.297. The van der Waals surface area contributed by atoms with Crippen LogP contribution in [0.2, 0.25) is 5.02 Å². The largest absolute Gasteiger partial charge is 0.493 e. The van der Waals surface area contributed by atoms with E-state index in [0.29, 0.717) is 27.6 Å². The number of fused-ring (bicyclic) bond motifs is 3. The van der Waals surface area contributed by atoms with Gasteiger partial charge in [0, 0.05) is 10.6 Å². The highest BCUT2D eigenvalue weighted by atomic mass is 79.9. The quantitative estimate of drug-likeness (QED) is 0.157. The summed E-state index contributed by atoms with van der Waals surface area (Å²) in [5.74, 6) is 1.21. The van der Waals surface area contributed by atoms with E-state index in [1.54, 1.807) is 31.2 Å². The van der Waals surface area contributed by atoms with Crippen LogP contribution in [0, 0.1) is 0 Å². The van der Waals surface area contributed by atoms with E-state index in [-0.39, 0.29) is 16.9 Å². The predicted molar refractivity (Wildman–Crippen MR) is 158 cm³/mol. The van der Waals surface area contributed by atoms with Crippen molar-refractivity contribution in [1.82, 2.24) is 5.43 Å². The van der Waals surface area contributed by atoms with Crippen molar-refractivity contribution in [2.45, 2.75) is 11.9 Å². The number of ether oxygens (including phenoxy) is 2. The number of thioether (sulfide) groups is 1. The third-order valence-corrected chi connectivity index (χ3v) is 8.37. The van der Waals surface area contributed by atoms with Gasteiger partial charge in [-0.25, -0.2) is 5.43 Å². The lowest BCUT2D eigenvalue weighted by molar-refractivity contribution is -0.118. The van der Waals surface area contributed by atoms with Gasteiger partial charge in [-0.05, 0) is 61.9 Å². The molecule has 1 aliphatic rings. The second-order valence-electron chi connectivity index (χ2n) is 8.57. The molecule has 0 spiro atoms. The number of nitrogens with one attached hydrogen (secondary N) is 1. The molecule has 0 atom stereocenters. The molecule has 0 saturated heterocycles. The maximum absolute atomic E-state index is 12.6.